The molecule has 0 saturated heterocycles. The van der Waals surface area contributed by atoms with E-state index in [1.54, 1.807) is 7.05 Å². The fourth-order valence-corrected chi connectivity index (χ4v) is 2.95. The lowest BCUT2D eigenvalue weighted by atomic mass is 9.95. The number of amides is 2. The monoisotopic (exact) mass is 289 g/mol. The molecule has 114 valence electrons. The summed E-state index contributed by atoms with van der Waals surface area (Å²) < 4.78 is 0. The third kappa shape index (κ3) is 3.82. The standard InChI is InChI=1S/C16H23N3O2/c1-18-15(20)9-11-5-2-3-8-14(11)19-16(21)13-7-4-6-12(13)10-17/h2-3,5,8,12-13H,4,6-7,9-10,17H2,1H3,(H,18,20)(H,19,21). The molecule has 1 aromatic carbocycles. The normalized spacial score (nSPS) is 21.0. The van der Waals surface area contributed by atoms with E-state index < -0.39 is 0 Å². The van der Waals surface area contributed by atoms with Crippen molar-refractivity contribution in [2.75, 3.05) is 18.9 Å². The van der Waals surface area contributed by atoms with Gasteiger partial charge in [-0.2, -0.15) is 0 Å². The van der Waals surface area contributed by atoms with Gasteiger partial charge in [-0.25, -0.2) is 0 Å². The van der Waals surface area contributed by atoms with Crippen molar-refractivity contribution >= 4 is 17.5 Å². The van der Waals surface area contributed by atoms with Gasteiger partial charge in [0.25, 0.3) is 0 Å². The van der Waals surface area contributed by atoms with Crippen LogP contribution in [-0.2, 0) is 16.0 Å². The van der Waals surface area contributed by atoms with Gasteiger partial charge in [0.2, 0.25) is 11.8 Å². The number of para-hydroxylation sites is 1. The van der Waals surface area contributed by atoms with Crippen molar-refractivity contribution < 1.29 is 9.59 Å². The van der Waals surface area contributed by atoms with Crippen molar-refractivity contribution in [1.29, 1.82) is 0 Å². The van der Waals surface area contributed by atoms with E-state index in [2.05, 4.69) is 10.6 Å². The Bertz CT molecular complexity index is 516. The van der Waals surface area contributed by atoms with Gasteiger partial charge in [0.1, 0.15) is 0 Å². The first-order valence-electron chi connectivity index (χ1n) is 7.45. The maximum Gasteiger partial charge on any atom is 0.227 e. The number of carbonyl (C=O) groups excluding carboxylic acids is 2. The number of benzene rings is 1. The molecule has 1 fully saturated rings. The molecule has 0 aliphatic heterocycles. The quantitative estimate of drug-likeness (QED) is 0.763. The summed E-state index contributed by atoms with van der Waals surface area (Å²) >= 11 is 0. The Labute approximate surface area is 125 Å². The molecule has 0 bridgehead atoms. The van der Waals surface area contributed by atoms with E-state index in [0.29, 0.717) is 12.2 Å². The average molecular weight is 289 g/mol. The lowest BCUT2D eigenvalue weighted by Gasteiger charge is -2.18. The van der Waals surface area contributed by atoms with E-state index in [4.69, 9.17) is 5.73 Å². The van der Waals surface area contributed by atoms with Gasteiger partial charge in [0, 0.05) is 18.7 Å². The smallest absolute Gasteiger partial charge is 0.227 e. The second kappa shape index (κ2) is 7.22. The third-order valence-corrected chi connectivity index (χ3v) is 4.20. The highest BCUT2D eigenvalue weighted by Crippen LogP contribution is 2.32. The largest absolute Gasteiger partial charge is 0.359 e. The maximum atomic E-state index is 12.4. The fourth-order valence-electron chi connectivity index (χ4n) is 2.95. The van der Waals surface area contributed by atoms with E-state index in [0.717, 1.165) is 24.8 Å². The van der Waals surface area contributed by atoms with Crippen LogP contribution >= 0.6 is 0 Å². The highest BCUT2D eigenvalue weighted by Gasteiger charge is 2.32. The van der Waals surface area contributed by atoms with Crippen LogP contribution in [0.4, 0.5) is 5.69 Å². The molecule has 1 aliphatic rings. The summed E-state index contributed by atoms with van der Waals surface area (Å²) in [4.78, 5) is 24.0. The summed E-state index contributed by atoms with van der Waals surface area (Å²) in [6, 6.07) is 7.42. The summed E-state index contributed by atoms with van der Waals surface area (Å²) in [5, 5.41) is 5.57. The van der Waals surface area contributed by atoms with Crippen LogP contribution in [0.25, 0.3) is 0 Å². The Balaban J connectivity index is 2.08. The van der Waals surface area contributed by atoms with Crippen molar-refractivity contribution in [2.45, 2.75) is 25.7 Å². The molecule has 2 rings (SSSR count). The highest BCUT2D eigenvalue weighted by atomic mass is 16.2. The number of rotatable bonds is 5. The van der Waals surface area contributed by atoms with Crippen LogP contribution in [-0.4, -0.2) is 25.4 Å². The summed E-state index contributed by atoms with van der Waals surface area (Å²) in [6.07, 6.45) is 3.23. The molecule has 5 nitrogen and oxygen atoms in total. The summed E-state index contributed by atoms with van der Waals surface area (Å²) in [7, 11) is 1.61. The van der Waals surface area contributed by atoms with Crippen molar-refractivity contribution in [3.8, 4) is 0 Å². The molecular formula is C16H23N3O2. The van der Waals surface area contributed by atoms with Crippen LogP contribution in [0.1, 0.15) is 24.8 Å². The van der Waals surface area contributed by atoms with E-state index in [-0.39, 0.29) is 30.1 Å². The average Bonchev–Trinajstić information content (AvgIpc) is 2.97. The van der Waals surface area contributed by atoms with Crippen molar-refractivity contribution in [2.24, 2.45) is 17.6 Å². The molecule has 4 N–H and O–H groups in total. The summed E-state index contributed by atoms with van der Waals surface area (Å²) in [6.45, 7) is 0.554. The van der Waals surface area contributed by atoms with Crippen molar-refractivity contribution in [1.82, 2.24) is 5.32 Å². The Hall–Kier alpha value is -1.88. The molecule has 0 aromatic heterocycles. The van der Waals surface area contributed by atoms with Gasteiger partial charge in [-0.05, 0) is 36.9 Å². The zero-order valence-corrected chi connectivity index (χ0v) is 12.4. The number of nitrogens with two attached hydrogens (primary N) is 1. The van der Waals surface area contributed by atoms with Gasteiger partial charge >= 0.3 is 0 Å². The third-order valence-electron chi connectivity index (χ3n) is 4.20. The molecule has 1 aliphatic carbocycles. The van der Waals surface area contributed by atoms with Gasteiger partial charge in [0.15, 0.2) is 0 Å². The van der Waals surface area contributed by atoms with Gasteiger partial charge in [0.05, 0.1) is 6.42 Å². The topological polar surface area (TPSA) is 84.2 Å². The lowest BCUT2D eigenvalue weighted by Crippen LogP contribution is -2.30. The van der Waals surface area contributed by atoms with Crippen LogP contribution in [0.2, 0.25) is 0 Å². The second-order valence-electron chi connectivity index (χ2n) is 5.53. The van der Waals surface area contributed by atoms with E-state index >= 15 is 0 Å². The zero-order valence-electron chi connectivity index (χ0n) is 12.4. The SMILES string of the molecule is CNC(=O)Cc1ccccc1NC(=O)C1CCCC1CN. The Morgan fingerprint density at radius 1 is 1.29 bits per heavy atom. The predicted octanol–water partition coefficient (Wildman–Crippen LogP) is 1.29. The number of likely N-dealkylation sites (N-methyl/N-ethyl adjacent to an activating group) is 1. The molecule has 0 spiro atoms. The molecule has 2 amide bonds. The van der Waals surface area contributed by atoms with E-state index in [9.17, 15) is 9.59 Å². The predicted molar refractivity (Wildman–Crippen MR) is 82.7 cm³/mol. The minimum atomic E-state index is -0.0719. The maximum absolute atomic E-state index is 12.4. The first kappa shape index (κ1) is 15.5. The Morgan fingerprint density at radius 2 is 2.05 bits per heavy atom. The number of hydrogen-bond acceptors (Lipinski definition) is 3. The van der Waals surface area contributed by atoms with Crippen molar-refractivity contribution in [3.63, 3.8) is 0 Å². The molecular weight excluding hydrogens is 266 g/mol. The first-order valence-corrected chi connectivity index (χ1v) is 7.45. The summed E-state index contributed by atoms with van der Waals surface area (Å²) in [5.41, 5.74) is 7.28. The van der Waals surface area contributed by atoms with Gasteiger partial charge in [-0.3, -0.25) is 9.59 Å². The molecule has 2 unspecified atom stereocenters. The van der Waals surface area contributed by atoms with Crippen LogP contribution in [0.15, 0.2) is 24.3 Å². The molecule has 0 heterocycles. The molecule has 1 saturated carbocycles. The Kier molecular flexibility index (Phi) is 5.33. The number of nitrogens with one attached hydrogen (secondary N) is 2. The second-order valence-corrected chi connectivity index (χ2v) is 5.53. The molecule has 1 aromatic rings. The highest BCUT2D eigenvalue weighted by molar-refractivity contribution is 5.94. The van der Waals surface area contributed by atoms with Gasteiger partial charge < -0.3 is 16.4 Å². The van der Waals surface area contributed by atoms with Crippen molar-refractivity contribution in [3.05, 3.63) is 29.8 Å². The molecule has 2 atom stereocenters. The summed E-state index contributed by atoms with van der Waals surface area (Å²) in [5.74, 6) is 0.212. The lowest BCUT2D eigenvalue weighted by molar-refractivity contribution is -0.121. The van der Waals surface area contributed by atoms with Gasteiger partial charge in [-0.1, -0.05) is 24.6 Å². The number of carbonyl (C=O) groups is 2. The number of hydrogen-bond donors (Lipinski definition) is 3. The molecule has 5 heteroatoms. The zero-order chi connectivity index (χ0) is 15.2. The fraction of sp³-hybridized carbons (Fsp3) is 0.500. The minimum Gasteiger partial charge on any atom is -0.359 e. The van der Waals surface area contributed by atoms with Crippen LogP contribution < -0.4 is 16.4 Å². The molecule has 21 heavy (non-hydrogen) atoms. The minimum absolute atomic E-state index is 0.0111. The van der Waals surface area contributed by atoms with Crippen LogP contribution in [0, 0.1) is 11.8 Å². The van der Waals surface area contributed by atoms with Crippen LogP contribution in [0.3, 0.4) is 0 Å². The van der Waals surface area contributed by atoms with Gasteiger partial charge in [-0.15, -0.1) is 0 Å². The Morgan fingerprint density at radius 3 is 2.76 bits per heavy atom. The number of anilines is 1. The molecule has 0 radical (unpaired) electrons. The van der Waals surface area contributed by atoms with E-state index in [1.165, 1.54) is 0 Å². The first-order chi connectivity index (χ1) is 10.2. The van der Waals surface area contributed by atoms with E-state index in [1.807, 2.05) is 24.3 Å². The van der Waals surface area contributed by atoms with Crippen LogP contribution in [0.5, 0.6) is 0 Å².